The van der Waals surface area contributed by atoms with Gasteiger partial charge in [-0.2, -0.15) is 5.26 Å². The Labute approximate surface area is 151 Å². The lowest BCUT2D eigenvalue weighted by molar-refractivity contribution is 0.0982. The number of nitrogens with zero attached hydrogens (tertiary/aromatic N) is 3. The molecular weight excluding hydrogens is 326 g/mol. The Morgan fingerprint density at radius 3 is 2.65 bits per heavy atom. The highest BCUT2D eigenvalue weighted by atomic mass is 16.1. The second kappa shape index (κ2) is 6.82. The Morgan fingerprint density at radius 2 is 1.92 bits per heavy atom. The van der Waals surface area contributed by atoms with Crippen LogP contribution >= 0.6 is 0 Å². The Hall–Kier alpha value is -3.43. The summed E-state index contributed by atoms with van der Waals surface area (Å²) in [5.41, 5.74) is 4.89. The number of Topliss-reactive ketones (excluding diaryl/α,β-unsaturated/α-hetero) is 1. The van der Waals surface area contributed by atoms with E-state index in [0.29, 0.717) is 18.7 Å². The molecule has 0 unspecified atom stereocenters. The van der Waals surface area contributed by atoms with Gasteiger partial charge in [0.05, 0.1) is 29.6 Å². The molecule has 1 aliphatic heterocycles. The Kier molecular flexibility index (Phi) is 4.22. The van der Waals surface area contributed by atoms with E-state index in [4.69, 9.17) is 0 Å². The minimum absolute atomic E-state index is 0.0247. The van der Waals surface area contributed by atoms with Crippen molar-refractivity contribution in [3.05, 3.63) is 66.1 Å². The molecule has 1 aromatic carbocycles. The van der Waals surface area contributed by atoms with Gasteiger partial charge in [0.25, 0.3) is 0 Å². The molecule has 6 heteroatoms. The summed E-state index contributed by atoms with van der Waals surface area (Å²) < 4.78 is 1.92. The van der Waals surface area contributed by atoms with E-state index >= 15 is 0 Å². The quantitative estimate of drug-likeness (QED) is 0.760. The van der Waals surface area contributed by atoms with E-state index in [9.17, 15) is 10.1 Å². The van der Waals surface area contributed by atoms with Crippen molar-refractivity contribution in [3.63, 3.8) is 0 Å². The van der Waals surface area contributed by atoms with Crippen LogP contribution < -0.4 is 10.6 Å². The number of hydrogen-bond donors (Lipinski definition) is 2. The van der Waals surface area contributed by atoms with Gasteiger partial charge < -0.3 is 15.2 Å². The highest BCUT2D eigenvalue weighted by Crippen LogP contribution is 2.39. The maximum atomic E-state index is 12.7. The molecule has 26 heavy (non-hydrogen) atoms. The number of aromatic nitrogens is 2. The number of fused-ring (bicyclic) bond motifs is 1. The van der Waals surface area contributed by atoms with Crippen LogP contribution in [0.15, 0.2) is 54.9 Å². The molecule has 0 saturated carbocycles. The standard InChI is InChI=1S/C20H17N5O/c21-8-11-25-16-12-23-13-17(26)18(16)19(24-15-4-2-1-3-5-15)20(25)14-6-9-22-10-7-14/h1-7,9-10,23-24H,11-13H2. The van der Waals surface area contributed by atoms with Gasteiger partial charge in [0.1, 0.15) is 6.54 Å². The molecule has 0 amide bonds. The van der Waals surface area contributed by atoms with Crippen molar-refractivity contribution < 1.29 is 4.79 Å². The molecule has 4 rings (SSSR count). The average molecular weight is 343 g/mol. The third-order valence-electron chi connectivity index (χ3n) is 4.45. The molecule has 3 aromatic rings. The summed E-state index contributed by atoms with van der Waals surface area (Å²) in [5, 5.41) is 15.9. The number of pyridine rings is 1. The van der Waals surface area contributed by atoms with Crippen LogP contribution in [0.1, 0.15) is 16.1 Å². The number of anilines is 2. The summed E-state index contributed by atoms with van der Waals surface area (Å²) in [6.07, 6.45) is 3.43. The van der Waals surface area contributed by atoms with Gasteiger partial charge >= 0.3 is 0 Å². The van der Waals surface area contributed by atoms with Crippen molar-refractivity contribution in [1.29, 1.82) is 5.26 Å². The number of ketones is 1. The van der Waals surface area contributed by atoms with Gasteiger partial charge in [-0.05, 0) is 24.3 Å². The van der Waals surface area contributed by atoms with E-state index in [0.717, 1.165) is 28.3 Å². The van der Waals surface area contributed by atoms with Crippen LogP contribution in [0.25, 0.3) is 11.3 Å². The van der Waals surface area contributed by atoms with Crippen molar-refractivity contribution in [3.8, 4) is 17.3 Å². The first kappa shape index (κ1) is 16.1. The third kappa shape index (κ3) is 2.75. The van der Waals surface area contributed by atoms with Gasteiger partial charge in [-0.15, -0.1) is 0 Å². The predicted molar refractivity (Wildman–Crippen MR) is 99.0 cm³/mol. The predicted octanol–water partition coefficient (Wildman–Crippen LogP) is 3.10. The van der Waals surface area contributed by atoms with Crippen LogP contribution in [0.2, 0.25) is 0 Å². The van der Waals surface area contributed by atoms with E-state index in [1.54, 1.807) is 12.4 Å². The number of nitrogens with one attached hydrogen (secondary N) is 2. The highest BCUT2D eigenvalue weighted by Gasteiger charge is 2.30. The van der Waals surface area contributed by atoms with E-state index in [-0.39, 0.29) is 12.3 Å². The number of hydrogen-bond acceptors (Lipinski definition) is 5. The maximum absolute atomic E-state index is 12.7. The number of rotatable bonds is 4. The van der Waals surface area contributed by atoms with Crippen LogP contribution in [-0.4, -0.2) is 21.9 Å². The first-order valence-electron chi connectivity index (χ1n) is 8.38. The molecule has 6 nitrogen and oxygen atoms in total. The number of nitriles is 1. The minimum atomic E-state index is 0.0247. The molecule has 2 aromatic heterocycles. The third-order valence-corrected chi connectivity index (χ3v) is 4.45. The van der Waals surface area contributed by atoms with Crippen LogP contribution in [0.4, 0.5) is 11.4 Å². The Bertz CT molecular complexity index is 987. The fraction of sp³-hybridized carbons (Fsp3) is 0.150. The van der Waals surface area contributed by atoms with E-state index < -0.39 is 0 Å². The van der Waals surface area contributed by atoms with Crippen LogP contribution in [-0.2, 0) is 13.1 Å². The fourth-order valence-electron chi connectivity index (χ4n) is 3.38. The molecule has 3 heterocycles. The van der Waals surface area contributed by atoms with Crippen LogP contribution in [0.5, 0.6) is 0 Å². The second-order valence-electron chi connectivity index (χ2n) is 6.04. The van der Waals surface area contributed by atoms with Gasteiger partial charge in [-0.25, -0.2) is 0 Å². The molecular formula is C20H17N5O. The molecule has 0 bridgehead atoms. The lowest BCUT2D eigenvalue weighted by atomic mass is 10.0. The second-order valence-corrected chi connectivity index (χ2v) is 6.04. The van der Waals surface area contributed by atoms with Crippen molar-refractivity contribution in [2.75, 3.05) is 11.9 Å². The van der Waals surface area contributed by atoms with E-state index in [1.807, 2.05) is 47.0 Å². The topological polar surface area (TPSA) is 82.7 Å². The first-order valence-corrected chi connectivity index (χ1v) is 8.38. The highest BCUT2D eigenvalue weighted by molar-refractivity contribution is 6.08. The summed E-state index contributed by atoms with van der Waals surface area (Å²) in [6, 6.07) is 15.7. The molecule has 0 atom stereocenters. The average Bonchev–Trinajstić information content (AvgIpc) is 2.98. The van der Waals surface area contributed by atoms with Crippen molar-refractivity contribution >= 4 is 17.2 Å². The summed E-state index contributed by atoms with van der Waals surface area (Å²) in [7, 11) is 0. The van der Waals surface area contributed by atoms with Crippen molar-refractivity contribution in [2.45, 2.75) is 13.1 Å². The molecule has 2 N–H and O–H groups in total. The molecule has 0 radical (unpaired) electrons. The molecule has 0 spiro atoms. The molecule has 0 aliphatic carbocycles. The first-order chi connectivity index (χ1) is 12.8. The monoisotopic (exact) mass is 343 g/mol. The normalized spacial score (nSPS) is 13.1. The smallest absolute Gasteiger partial charge is 0.180 e. The van der Waals surface area contributed by atoms with E-state index in [2.05, 4.69) is 21.7 Å². The number of para-hydroxylation sites is 1. The van der Waals surface area contributed by atoms with Gasteiger partial charge in [-0.3, -0.25) is 9.78 Å². The number of benzene rings is 1. The zero-order chi connectivity index (χ0) is 17.9. The molecule has 128 valence electrons. The summed E-state index contributed by atoms with van der Waals surface area (Å²) in [5.74, 6) is 0.0247. The van der Waals surface area contributed by atoms with Crippen LogP contribution in [0.3, 0.4) is 0 Å². The largest absolute Gasteiger partial charge is 0.353 e. The van der Waals surface area contributed by atoms with Crippen LogP contribution in [0, 0.1) is 11.3 Å². The zero-order valence-electron chi connectivity index (χ0n) is 14.1. The van der Waals surface area contributed by atoms with Gasteiger partial charge in [0.15, 0.2) is 5.78 Å². The SMILES string of the molecule is N#CCn1c2c(c(Nc3ccccc3)c1-c1ccncc1)C(=O)CNC2. The molecule has 1 aliphatic rings. The number of carbonyl (C=O) groups excluding carboxylic acids is 1. The van der Waals surface area contributed by atoms with E-state index in [1.165, 1.54) is 0 Å². The molecule has 0 fully saturated rings. The van der Waals surface area contributed by atoms with Crippen molar-refractivity contribution in [1.82, 2.24) is 14.9 Å². The Balaban J connectivity index is 1.98. The lowest BCUT2D eigenvalue weighted by Crippen LogP contribution is -2.30. The van der Waals surface area contributed by atoms with Gasteiger partial charge in [0, 0.05) is 35.9 Å². The summed E-state index contributed by atoms with van der Waals surface area (Å²) in [6.45, 7) is 1.02. The maximum Gasteiger partial charge on any atom is 0.180 e. The fourth-order valence-corrected chi connectivity index (χ4v) is 3.38. The van der Waals surface area contributed by atoms with Gasteiger partial charge in [-0.1, -0.05) is 18.2 Å². The molecule has 0 saturated heterocycles. The number of carbonyl (C=O) groups is 1. The minimum Gasteiger partial charge on any atom is -0.353 e. The summed E-state index contributed by atoms with van der Waals surface area (Å²) >= 11 is 0. The Morgan fingerprint density at radius 1 is 1.15 bits per heavy atom. The lowest BCUT2D eigenvalue weighted by Gasteiger charge is -2.15. The summed E-state index contributed by atoms with van der Waals surface area (Å²) in [4.78, 5) is 16.8. The van der Waals surface area contributed by atoms with Gasteiger partial charge in [0.2, 0.25) is 0 Å². The zero-order valence-corrected chi connectivity index (χ0v) is 14.1. The van der Waals surface area contributed by atoms with Crippen molar-refractivity contribution in [2.24, 2.45) is 0 Å².